The van der Waals surface area contributed by atoms with Crippen LogP contribution in [0.1, 0.15) is 55.6 Å². The highest BCUT2D eigenvalue weighted by molar-refractivity contribution is 8.00. The van der Waals surface area contributed by atoms with Crippen LogP contribution in [0.25, 0.3) is 0 Å². The van der Waals surface area contributed by atoms with Gasteiger partial charge < -0.3 is 46.1 Å². The summed E-state index contributed by atoms with van der Waals surface area (Å²) in [7, 11) is 2.07. The normalized spacial score (nSPS) is 27.1. The van der Waals surface area contributed by atoms with Crippen LogP contribution in [0.2, 0.25) is 5.02 Å². The number of carboxylic acids is 2. The molecule has 3 saturated heterocycles. The molecule has 1 aromatic heterocycles. The van der Waals surface area contributed by atoms with E-state index in [9.17, 15) is 44.4 Å². The molecule has 20 heteroatoms. The molecule has 278 valence electrons. The van der Waals surface area contributed by atoms with Crippen LogP contribution >= 0.6 is 34.7 Å². The number of phenolic OH excluding ortho intramolecular Hbond substituents is 2. The summed E-state index contributed by atoms with van der Waals surface area (Å²) in [5, 5.41) is 49.4. The number of anilines is 1. The number of phenols is 2. The molecule has 1 aromatic carbocycles. The second kappa shape index (κ2) is 13.8. The molecule has 4 aliphatic rings. The number of halogens is 1. The van der Waals surface area contributed by atoms with Gasteiger partial charge in [0.1, 0.15) is 29.4 Å². The SMILES string of the molecule is CC(C)(O/N=C(\C(=O)N[C@@H]1C(=O)N2C(C(=O)O)=C(C[N+]3(C)[C@@H]4CC[C@H]3CC(NC(=O)c3ccc(O)c(O)c3Cl)C4)CS[C@H]12)c1csc(N)n1)C(=O)O. The molecular weight excluding hydrogens is 742 g/mol. The van der Waals surface area contributed by atoms with Crippen LogP contribution in [0.5, 0.6) is 11.5 Å². The van der Waals surface area contributed by atoms with Crippen molar-refractivity contribution in [2.24, 2.45) is 5.16 Å². The second-order valence-electron chi connectivity index (χ2n) is 13.9. The number of thiazole rings is 1. The number of oxime groups is 1. The molecule has 0 radical (unpaired) electrons. The third-order valence-corrected chi connectivity index (χ3v) is 12.6. The first kappa shape index (κ1) is 37.2. The summed E-state index contributed by atoms with van der Waals surface area (Å²) in [5.74, 6) is -5.30. The molecule has 2 bridgehead atoms. The fraction of sp³-hybridized carbons (Fsp3) is 0.469. The number of thioether (sulfide) groups is 1. The number of piperidine rings is 1. The second-order valence-corrected chi connectivity index (χ2v) is 16.2. The first-order valence-electron chi connectivity index (χ1n) is 16.2. The van der Waals surface area contributed by atoms with Gasteiger partial charge in [0, 0.05) is 48.4 Å². The van der Waals surface area contributed by atoms with Gasteiger partial charge in [-0.25, -0.2) is 14.6 Å². The Kier molecular flexibility index (Phi) is 9.83. The maximum atomic E-state index is 13.5. The lowest BCUT2D eigenvalue weighted by atomic mass is 9.92. The highest BCUT2D eigenvalue weighted by Crippen LogP contribution is 2.46. The minimum absolute atomic E-state index is 0.00731. The van der Waals surface area contributed by atoms with E-state index in [1.165, 1.54) is 48.0 Å². The zero-order valence-electron chi connectivity index (χ0n) is 28.2. The third-order valence-electron chi connectivity index (χ3n) is 10.2. The van der Waals surface area contributed by atoms with Gasteiger partial charge in [0.15, 0.2) is 22.3 Å². The summed E-state index contributed by atoms with van der Waals surface area (Å²) >= 11 is 8.44. The van der Waals surface area contributed by atoms with E-state index >= 15 is 0 Å². The maximum Gasteiger partial charge on any atom is 0.352 e. The molecule has 6 atom stereocenters. The van der Waals surface area contributed by atoms with Crippen LogP contribution in [0, 0.1) is 0 Å². The van der Waals surface area contributed by atoms with Crippen molar-refractivity contribution in [2.45, 2.75) is 74.7 Å². The number of nitrogens with two attached hydrogens (primary N) is 1. The van der Waals surface area contributed by atoms with Gasteiger partial charge in [-0.15, -0.1) is 23.1 Å². The molecule has 52 heavy (non-hydrogen) atoms. The number of aromatic nitrogens is 1. The van der Waals surface area contributed by atoms with E-state index in [-0.39, 0.29) is 51.0 Å². The highest BCUT2D eigenvalue weighted by atomic mass is 35.5. The van der Waals surface area contributed by atoms with Crippen molar-refractivity contribution in [3.63, 3.8) is 0 Å². The Bertz CT molecular complexity index is 1920. The lowest BCUT2D eigenvalue weighted by Crippen LogP contribution is -2.71. The quantitative estimate of drug-likeness (QED) is 0.0565. The summed E-state index contributed by atoms with van der Waals surface area (Å²) < 4.78 is 0.538. The number of fused-ring (bicyclic) bond motifs is 3. The van der Waals surface area contributed by atoms with Crippen molar-refractivity contribution < 1.29 is 53.7 Å². The number of nitrogens with one attached hydrogen (secondary N) is 2. The summed E-state index contributed by atoms with van der Waals surface area (Å²) in [5.41, 5.74) is 4.05. The molecule has 17 nitrogen and oxygen atoms in total. The third kappa shape index (κ3) is 6.61. The Hall–Kier alpha value is -4.59. The summed E-state index contributed by atoms with van der Waals surface area (Å²) in [4.78, 5) is 74.7. The van der Waals surface area contributed by atoms with Gasteiger partial charge in [0.05, 0.1) is 29.7 Å². The van der Waals surface area contributed by atoms with E-state index < -0.39 is 63.9 Å². The van der Waals surface area contributed by atoms with Crippen LogP contribution in [0.15, 0.2) is 33.9 Å². The molecule has 3 fully saturated rings. The van der Waals surface area contributed by atoms with Gasteiger partial charge in [0.2, 0.25) is 5.60 Å². The fourth-order valence-electron chi connectivity index (χ4n) is 7.34. The number of carbonyl (C=O) groups is 5. The molecule has 4 aliphatic heterocycles. The number of nitrogens with zero attached hydrogens (tertiary/aromatic N) is 4. The Morgan fingerprint density at radius 2 is 1.83 bits per heavy atom. The number of quaternary nitrogens is 1. The minimum atomic E-state index is -1.79. The molecule has 2 aromatic rings. The standard InChI is InChI=1S/C32H36ClN7O10S2/c1-32(2,30(48)49)50-38-21(18-12-52-31(34)36-18)26(44)37-22-27(45)39-23(29(46)47)13(11-51-28(22)39)10-40(3)15-4-5-16(40)9-14(8-15)35-25(43)17-6-7-19(41)24(42)20(17)33/h6-7,12,14-16,22,28H,4-5,8-11H2,1-3H3,(H7-,34,35,36,37,38,41,42,43,44,46,47,48,49)/p+1/t14?,15-,16+,22-,28-,40?/m1/s1. The van der Waals surface area contributed by atoms with Crippen molar-refractivity contribution in [3.8, 4) is 11.5 Å². The number of hydrogen-bond acceptors (Lipinski definition) is 13. The molecule has 0 spiro atoms. The number of hydrogen-bond donors (Lipinski definition) is 7. The number of aromatic hydroxyl groups is 2. The fourth-order valence-corrected chi connectivity index (χ4v) is 9.47. The Morgan fingerprint density at radius 3 is 2.42 bits per heavy atom. The molecule has 6 rings (SSSR count). The van der Waals surface area contributed by atoms with E-state index in [1.54, 1.807) is 0 Å². The van der Waals surface area contributed by atoms with E-state index in [1.807, 2.05) is 0 Å². The van der Waals surface area contributed by atoms with E-state index in [0.29, 0.717) is 29.4 Å². The number of carboxylic acid groups (broad SMARTS) is 2. The first-order chi connectivity index (χ1) is 24.4. The van der Waals surface area contributed by atoms with E-state index in [0.717, 1.165) is 24.2 Å². The number of nitrogen functional groups attached to an aromatic ring is 1. The van der Waals surface area contributed by atoms with Crippen molar-refractivity contribution in [3.05, 3.63) is 45.1 Å². The largest absolute Gasteiger partial charge is 0.504 e. The molecule has 5 heterocycles. The molecule has 3 amide bonds. The monoisotopic (exact) mass is 778 g/mol. The predicted octanol–water partition coefficient (Wildman–Crippen LogP) is 1.68. The summed E-state index contributed by atoms with van der Waals surface area (Å²) in [6.07, 6.45) is 2.95. The summed E-state index contributed by atoms with van der Waals surface area (Å²) in [6.45, 7) is 2.85. The van der Waals surface area contributed by atoms with Crippen molar-refractivity contribution in [1.82, 2.24) is 20.5 Å². The van der Waals surface area contributed by atoms with E-state index in [2.05, 4.69) is 27.8 Å². The van der Waals surface area contributed by atoms with Gasteiger partial charge in [-0.2, -0.15) is 0 Å². The number of β-lactam (4-membered cyclic amide) rings is 1. The average molecular weight is 779 g/mol. The number of likely N-dealkylation sites (N-methyl/N-ethyl adjacent to an activating group) is 1. The topological polar surface area (TPSA) is 254 Å². The molecule has 2 unspecified atom stereocenters. The van der Waals surface area contributed by atoms with Crippen LogP contribution in [-0.4, -0.2) is 125 Å². The number of carbonyl (C=O) groups excluding carboxylic acids is 3. The van der Waals surface area contributed by atoms with E-state index in [4.69, 9.17) is 22.2 Å². The van der Waals surface area contributed by atoms with Crippen LogP contribution in [-0.2, 0) is 24.0 Å². The Morgan fingerprint density at radius 1 is 1.15 bits per heavy atom. The predicted molar refractivity (Wildman–Crippen MR) is 189 cm³/mol. The number of aliphatic carboxylic acids is 2. The van der Waals surface area contributed by atoms with Gasteiger partial charge in [-0.05, 0) is 26.0 Å². The van der Waals surface area contributed by atoms with Crippen LogP contribution in [0.4, 0.5) is 5.13 Å². The Balaban J connectivity index is 1.16. The Labute approximate surface area is 310 Å². The van der Waals surface area contributed by atoms with Crippen LogP contribution < -0.4 is 16.4 Å². The van der Waals surface area contributed by atoms with Gasteiger partial charge >= 0.3 is 11.9 Å². The lowest BCUT2D eigenvalue weighted by molar-refractivity contribution is -0.944. The zero-order valence-corrected chi connectivity index (χ0v) is 30.5. The lowest BCUT2D eigenvalue weighted by Gasteiger charge is -2.52. The molecular formula is C32H37ClN7O10S2+. The molecule has 0 aliphatic carbocycles. The number of amides is 3. The minimum Gasteiger partial charge on any atom is -0.504 e. The van der Waals surface area contributed by atoms with Gasteiger partial charge in [-0.3, -0.25) is 19.3 Å². The molecule has 8 N–H and O–H groups in total. The van der Waals surface area contributed by atoms with Crippen molar-refractivity contribution >= 4 is 75.2 Å². The summed E-state index contributed by atoms with van der Waals surface area (Å²) in [6, 6.07) is 1.40. The highest BCUT2D eigenvalue weighted by Gasteiger charge is 2.57. The first-order valence-corrected chi connectivity index (χ1v) is 18.5. The van der Waals surface area contributed by atoms with Crippen LogP contribution in [0.3, 0.4) is 0 Å². The maximum absolute atomic E-state index is 13.5. The van der Waals surface area contributed by atoms with Crippen molar-refractivity contribution in [2.75, 3.05) is 25.1 Å². The smallest absolute Gasteiger partial charge is 0.352 e. The van der Waals surface area contributed by atoms with Gasteiger partial charge in [0.25, 0.3) is 17.7 Å². The number of benzene rings is 1. The molecule has 0 saturated carbocycles. The van der Waals surface area contributed by atoms with Gasteiger partial charge in [-0.1, -0.05) is 16.8 Å². The average Bonchev–Trinajstić information content (AvgIpc) is 3.54. The van der Waals surface area contributed by atoms with Crippen molar-refractivity contribution in [1.29, 1.82) is 0 Å². The number of rotatable bonds is 11. The zero-order chi connectivity index (χ0) is 37.9.